The number of fused-ring (bicyclic) bond motifs is 3. The summed E-state index contributed by atoms with van der Waals surface area (Å²) in [5.74, 6) is 1.85. The molecule has 1 N–H and O–H groups in total. The smallest absolute Gasteiger partial charge is 0.128 e. The molecule has 3 heteroatoms. The lowest BCUT2D eigenvalue weighted by Gasteiger charge is -2.37. The maximum Gasteiger partial charge on any atom is 0.128 e. The molecule has 0 fully saturated rings. The number of hydrogen-bond acceptors (Lipinski definition) is 3. The number of nitrogens with zero attached hydrogens (tertiary/aromatic N) is 1. The third kappa shape index (κ3) is 3.99. The van der Waals surface area contributed by atoms with Gasteiger partial charge in [-0.3, -0.25) is 4.99 Å². The molecule has 0 saturated carbocycles. The Labute approximate surface area is 190 Å². The molecule has 1 aliphatic heterocycles. The van der Waals surface area contributed by atoms with E-state index >= 15 is 0 Å². The molecular weight excluding hydrogens is 392 g/mol. The summed E-state index contributed by atoms with van der Waals surface area (Å²) in [5, 5.41) is 3.81. The predicted octanol–water partition coefficient (Wildman–Crippen LogP) is 7.14. The zero-order chi connectivity index (χ0) is 21.9. The molecule has 160 valence electrons. The summed E-state index contributed by atoms with van der Waals surface area (Å²) < 4.78 is 5.73. The number of aryl methyl sites for hydroxylation is 1. The van der Waals surface area contributed by atoms with Crippen LogP contribution in [-0.2, 0) is 0 Å². The van der Waals surface area contributed by atoms with Crippen molar-refractivity contribution in [1.82, 2.24) is 0 Å². The van der Waals surface area contributed by atoms with E-state index in [0.717, 1.165) is 23.4 Å². The summed E-state index contributed by atoms with van der Waals surface area (Å²) in [7, 11) is 0. The normalized spacial score (nSPS) is 21.1. The van der Waals surface area contributed by atoms with Crippen LogP contribution in [0.15, 0.2) is 96.5 Å². The first-order chi connectivity index (χ1) is 15.7. The number of aliphatic imine (C=N–C) groups is 1. The van der Waals surface area contributed by atoms with Gasteiger partial charge in [-0.25, -0.2) is 0 Å². The van der Waals surface area contributed by atoms with E-state index in [0.29, 0.717) is 24.5 Å². The van der Waals surface area contributed by atoms with Gasteiger partial charge in [0.05, 0.1) is 11.7 Å². The molecule has 0 saturated heterocycles. The quantitative estimate of drug-likeness (QED) is 0.340. The third-order valence-corrected chi connectivity index (χ3v) is 6.40. The van der Waals surface area contributed by atoms with Crippen LogP contribution in [0.2, 0.25) is 0 Å². The van der Waals surface area contributed by atoms with Gasteiger partial charge in [-0.2, -0.15) is 0 Å². The standard InChI is InChI=1S/C29H28N2O/c1-3-17-32-28-10-5-4-7-22(28)19-30-23-14-12-21(13-15-23)29-25-9-6-8-24(25)26-18-20(2)11-16-27(26)31-29/h3-8,10-16,18-19,24-25,29,31H,1,9,17H2,2H3/t24-,25+,29-/m0/s1. The van der Waals surface area contributed by atoms with Gasteiger partial charge in [-0.05, 0) is 60.7 Å². The number of nitrogens with one attached hydrogen (secondary N) is 1. The van der Waals surface area contributed by atoms with Crippen molar-refractivity contribution in [2.75, 3.05) is 11.9 Å². The van der Waals surface area contributed by atoms with Gasteiger partial charge in [-0.15, -0.1) is 0 Å². The molecule has 5 rings (SSSR count). The second-order valence-corrected chi connectivity index (χ2v) is 8.55. The Kier molecular flexibility index (Phi) is 5.64. The third-order valence-electron chi connectivity index (χ3n) is 6.40. The van der Waals surface area contributed by atoms with Crippen LogP contribution in [0.1, 0.15) is 40.6 Å². The lowest BCUT2D eigenvalue weighted by atomic mass is 9.76. The second kappa shape index (κ2) is 8.88. The molecule has 1 heterocycles. The van der Waals surface area contributed by atoms with E-state index in [1.54, 1.807) is 6.08 Å². The van der Waals surface area contributed by atoms with Gasteiger partial charge in [0.1, 0.15) is 12.4 Å². The molecule has 2 aliphatic rings. The highest BCUT2D eigenvalue weighted by Gasteiger charge is 2.37. The Bertz CT molecular complexity index is 1180. The van der Waals surface area contributed by atoms with Gasteiger partial charge in [-0.1, -0.05) is 66.8 Å². The molecule has 0 unspecified atom stereocenters. The minimum Gasteiger partial charge on any atom is -0.489 e. The van der Waals surface area contributed by atoms with Crippen molar-refractivity contribution in [3.63, 3.8) is 0 Å². The van der Waals surface area contributed by atoms with Gasteiger partial charge in [0, 0.05) is 23.4 Å². The first-order valence-corrected chi connectivity index (χ1v) is 11.2. The van der Waals surface area contributed by atoms with E-state index in [4.69, 9.17) is 4.74 Å². The summed E-state index contributed by atoms with van der Waals surface area (Å²) in [6, 6.07) is 23.6. The SMILES string of the molecule is C=CCOc1ccccc1C=Nc1ccc([C@@H]2Nc3ccc(C)cc3[C@H]3C=CC[C@H]32)cc1. The lowest BCUT2D eigenvalue weighted by molar-refractivity contribution is 0.363. The zero-order valence-electron chi connectivity index (χ0n) is 18.4. The fourth-order valence-electron chi connectivity index (χ4n) is 4.82. The molecule has 0 spiro atoms. The Morgan fingerprint density at radius 2 is 1.94 bits per heavy atom. The van der Waals surface area contributed by atoms with Gasteiger partial charge >= 0.3 is 0 Å². The van der Waals surface area contributed by atoms with E-state index in [9.17, 15) is 0 Å². The zero-order valence-corrected chi connectivity index (χ0v) is 18.4. The van der Waals surface area contributed by atoms with E-state index < -0.39 is 0 Å². The van der Waals surface area contributed by atoms with Gasteiger partial charge < -0.3 is 10.1 Å². The molecule has 3 aromatic rings. The van der Waals surface area contributed by atoms with Crippen LogP contribution in [0, 0.1) is 12.8 Å². The molecular formula is C29H28N2O. The maximum absolute atomic E-state index is 5.73. The van der Waals surface area contributed by atoms with Crippen LogP contribution in [0.4, 0.5) is 11.4 Å². The van der Waals surface area contributed by atoms with Gasteiger partial charge in [0.2, 0.25) is 0 Å². The van der Waals surface area contributed by atoms with Crippen LogP contribution in [0.5, 0.6) is 5.75 Å². The van der Waals surface area contributed by atoms with Gasteiger partial charge in [0.15, 0.2) is 0 Å². The van der Waals surface area contributed by atoms with Crippen molar-refractivity contribution in [3.05, 3.63) is 114 Å². The molecule has 0 radical (unpaired) electrons. The van der Waals surface area contributed by atoms with Crippen molar-refractivity contribution in [2.24, 2.45) is 10.9 Å². The molecule has 3 atom stereocenters. The minimum absolute atomic E-state index is 0.302. The van der Waals surface area contributed by atoms with Crippen LogP contribution < -0.4 is 10.1 Å². The van der Waals surface area contributed by atoms with Crippen molar-refractivity contribution in [1.29, 1.82) is 0 Å². The first kappa shape index (κ1) is 20.3. The Balaban J connectivity index is 1.36. The van der Waals surface area contributed by atoms with Crippen molar-refractivity contribution < 1.29 is 4.74 Å². The summed E-state index contributed by atoms with van der Waals surface area (Å²) in [6.07, 6.45) is 9.45. The second-order valence-electron chi connectivity index (χ2n) is 8.55. The molecule has 3 nitrogen and oxygen atoms in total. The minimum atomic E-state index is 0.302. The first-order valence-electron chi connectivity index (χ1n) is 11.2. The predicted molar refractivity (Wildman–Crippen MR) is 133 cm³/mol. The van der Waals surface area contributed by atoms with Crippen LogP contribution >= 0.6 is 0 Å². The number of ether oxygens (including phenoxy) is 1. The monoisotopic (exact) mass is 420 g/mol. The Morgan fingerprint density at radius 3 is 2.78 bits per heavy atom. The number of anilines is 1. The van der Waals surface area contributed by atoms with Crippen LogP contribution in [-0.4, -0.2) is 12.8 Å². The van der Waals surface area contributed by atoms with E-state index in [1.807, 2.05) is 30.5 Å². The van der Waals surface area contributed by atoms with E-state index in [1.165, 1.54) is 22.4 Å². The number of allylic oxidation sites excluding steroid dienone is 2. The lowest BCUT2D eigenvalue weighted by Crippen LogP contribution is -2.29. The summed E-state index contributed by atoms with van der Waals surface area (Å²) in [6.45, 7) is 6.36. The molecule has 3 aromatic carbocycles. The molecule has 0 aromatic heterocycles. The Morgan fingerprint density at radius 1 is 1.09 bits per heavy atom. The van der Waals surface area contributed by atoms with Crippen molar-refractivity contribution >= 4 is 17.6 Å². The summed E-state index contributed by atoms with van der Waals surface area (Å²) >= 11 is 0. The van der Waals surface area contributed by atoms with Crippen molar-refractivity contribution in [2.45, 2.75) is 25.3 Å². The molecule has 1 aliphatic carbocycles. The average Bonchev–Trinajstić information content (AvgIpc) is 3.32. The maximum atomic E-state index is 5.73. The summed E-state index contributed by atoms with van der Waals surface area (Å²) in [5.41, 5.74) is 7.20. The van der Waals surface area contributed by atoms with Crippen molar-refractivity contribution in [3.8, 4) is 5.75 Å². The number of hydrogen-bond donors (Lipinski definition) is 1. The highest BCUT2D eigenvalue weighted by molar-refractivity contribution is 5.85. The van der Waals surface area contributed by atoms with Gasteiger partial charge in [0.25, 0.3) is 0 Å². The number of rotatable bonds is 6. The highest BCUT2D eigenvalue weighted by atomic mass is 16.5. The molecule has 32 heavy (non-hydrogen) atoms. The number of benzene rings is 3. The largest absolute Gasteiger partial charge is 0.489 e. The molecule has 0 bridgehead atoms. The Hall–Kier alpha value is -3.59. The fourth-order valence-corrected chi connectivity index (χ4v) is 4.82. The van der Waals surface area contributed by atoms with Crippen LogP contribution in [0.3, 0.4) is 0 Å². The topological polar surface area (TPSA) is 33.6 Å². The van der Waals surface area contributed by atoms with E-state index in [2.05, 4.69) is 78.4 Å². The highest BCUT2D eigenvalue weighted by Crippen LogP contribution is 2.50. The number of para-hydroxylation sites is 1. The average molecular weight is 421 g/mol. The fraction of sp³-hybridized carbons (Fsp3) is 0.207. The van der Waals surface area contributed by atoms with Crippen LogP contribution in [0.25, 0.3) is 0 Å². The molecule has 0 amide bonds. The van der Waals surface area contributed by atoms with E-state index in [-0.39, 0.29) is 0 Å². The summed E-state index contributed by atoms with van der Waals surface area (Å²) in [4.78, 5) is 4.68.